The van der Waals surface area contributed by atoms with Gasteiger partial charge in [-0.2, -0.15) is 0 Å². The van der Waals surface area contributed by atoms with Gasteiger partial charge in [0.05, 0.1) is 23.9 Å². The van der Waals surface area contributed by atoms with Gasteiger partial charge >= 0.3 is 0 Å². The third kappa shape index (κ3) is 2.35. The summed E-state index contributed by atoms with van der Waals surface area (Å²) >= 11 is 7.39. The maximum atomic E-state index is 13.9. The summed E-state index contributed by atoms with van der Waals surface area (Å²) in [7, 11) is 1.39. The van der Waals surface area contributed by atoms with E-state index in [0.717, 1.165) is 27.2 Å². The lowest BCUT2D eigenvalue weighted by molar-refractivity contribution is -0.384. The van der Waals surface area contributed by atoms with Crippen LogP contribution in [0.3, 0.4) is 0 Å². The number of hydrogen-bond acceptors (Lipinski definition) is 5. The molecule has 0 N–H and O–H groups in total. The maximum absolute atomic E-state index is 13.9. The topological polar surface area (TPSA) is 89.8 Å². The summed E-state index contributed by atoms with van der Waals surface area (Å²) in [6.07, 6.45) is 0. The van der Waals surface area contributed by atoms with Crippen molar-refractivity contribution < 1.29 is 19.2 Å². The molecule has 2 bridgehead atoms. The van der Waals surface area contributed by atoms with Crippen molar-refractivity contribution in [1.29, 1.82) is 0 Å². The molecule has 0 radical (unpaired) electrons. The predicted octanol–water partition coefficient (Wildman–Crippen LogP) is 4.35. The van der Waals surface area contributed by atoms with Crippen molar-refractivity contribution >= 4 is 34.8 Å². The number of halogens is 1. The number of ether oxygens (including phenoxy) is 1. The molecule has 164 valence electrons. The lowest BCUT2D eigenvalue weighted by atomic mass is 9.54. The number of methoxy groups -OCH3 is 1. The molecule has 1 aliphatic heterocycles. The van der Waals surface area contributed by atoms with Crippen LogP contribution in [0.25, 0.3) is 0 Å². The summed E-state index contributed by atoms with van der Waals surface area (Å²) in [5.41, 5.74) is 3.33. The molecule has 1 fully saturated rings. The van der Waals surface area contributed by atoms with Gasteiger partial charge in [-0.1, -0.05) is 48.5 Å². The average Bonchev–Trinajstić information content (AvgIpc) is 3.10. The van der Waals surface area contributed by atoms with Gasteiger partial charge in [-0.25, -0.2) is 4.90 Å². The number of nitro groups is 1. The number of alkyl halides is 1. The van der Waals surface area contributed by atoms with Gasteiger partial charge < -0.3 is 4.74 Å². The fraction of sp³-hybridized carbons (Fsp3) is 0.200. The molecule has 2 amide bonds. The molecule has 1 heterocycles. The summed E-state index contributed by atoms with van der Waals surface area (Å²) in [4.78, 5) is 38.4. The molecule has 0 unspecified atom stereocenters. The summed E-state index contributed by atoms with van der Waals surface area (Å²) in [6.45, 7) is 0. The lowest BCUT2D eigenvalue weighted by Crippen LogP contribution is -2.50. The van der Waals surface area contributed by atoms with Crippen LogP contribution in [-0.4, -0.2) is 23.8 Å². The number of nitrogens with zero attached hydrogens (tertiary/aromatic N) is 2. The zero-order chi connectivity index (χ0) is 23.1. The van der Waals surface area contributed by atoms with Gasteiger partial charge in [0.1, 0.15) is 16.3 Å². The first-order valence-corrected chi connectivity index (χ1v) is 10.8. The maximum Gasteiger partial charge on any atom is 0.271 e. The predicted molar refractivity (Wildman–Crippen MR) is 120 cm³/mol. The van der Waals surface area contributed by atoms with E-state index in [0.29, 0.717) is 0 Å². The first kappa shape index (κ1) is 19.9. The van der Waals surface area contributed by atoms with Crippen molar-refractivity contribution in [1.82, 2.24) is 0 Å². The van der Waals surface area contributed by atoms with Gasteiger partial charge in [0, 0.05) is 18.1 Å². The molecule has 33 heavy (non-hydrogen) atoms. The number of carbonyl (C=O) groups excluding carboxylic acids is 2. The molecule has 3 aliphatic carbocycles. The number of nitro benzene ring substituents is 1. The van der Waals surface area contributed by atoms with Gasteiger partial charge in [-0.15, -0.1) is 11.6 Å². The summed E-state index contributed by atoms with van der Waals surface area (Å²) in [6, 6.07) is 19.2. The Morgan fingerprint density at radius 1 is 0.970 bits per heavy atom. The molecule has 0 spiro atoms. The molecule has 2 atom stereocenters. The van der Waals surface area contributed by atoms with E-state index < -0.39 is 33.4 Å². The number of rotatable bonds is 3. The fourth-order valence-electron chi connectivity index (χ4n) is 5.88. The normalized spacial score (nSPS) is 26.6. The molecule has 0 saturated carbocycles. The van der Waals surface area contributed by atoms with Crippen molar-refractivity contribution in [3.05, 3.63) is 99.1 Å². The van der Waals surface area contributed by atoms with E-state index in [4.69, 9.17) is 16.3 Å². The largest absolute Gasteiger partial charge is 0.495 e. The molecule has 8 heteroatoms. The van der Waals surface area contributed by atoms with Crippen molar-refractivity contribution in [2.75, 3.05) is 12.0 Å². The van der Waals surface area contributed by atoms with Crippen LogP contribution < -0.4 is 9.64 Å². The number of non-ortho nitro benzene ring substituents is 1. The summed E-state index contributed by atoms with van der Waals surface area (Å²) < 4.78 is 5.36. The number of benzene rings is 3. The van der Waals surface area contributed by atoms with Gasteiger partial charge in [-0.3, -0.25) is 19.7 Å². The molecule has 7 nitrogen and oxygen atoms in total. The minimum absolute atomic E-state index is 0.0591. The second kappa shape index (κ2) is 6.65. The van der Waals surface area contributed by atoms with Crippen LogP contribution in [0.2, 0.25) is 0 Å². The number of imide groups is 1. The van der Waals surface area contributed by atoms with E-state index in [1.165, 1.54) is 25.3 Å². The third-order valence-corrected chi connectivity index (χ3v) is 7.77. The van der Waals surface area contributed by atoms with Crippen molar-refractivity contribution in [3.63, 3.8) is 0 Å². The Morgan fingerprint density at radius 3 is 2.15 bits per heavy atom. The zero-order valence-corrected chi connectivity index (χ0v) is 18.2. The SMILES string of the molecule is COc1ccc([N+](=O)[O-])cc1N1C(=O)[C@H]2C3c4ccccc4C(Cl)(c4ccccc43)[C@H]2C1=O. The number of anilines is 1. The first-order chi connectivity index (χ1) is 15.9. The Kier molecular flexibility index (Phi) is 4.02. The van der Waals surface area contributed by atoms with E-state index in [-0.39, 0.29) is 23.0 Å². The molecule has 1 saturated heterocycles. The molecule has 7 rings (SSSR count). The highest BCUT2D eigenvalue weighted by molar-refractivity contribution is 6.33. The Hall–Kier alpha value is -3.71. The van der Waals surface area contributed by atoms with Gasteiger partial charge in [-0.05, 0) is 28.3 Å². The van der Waals surface area contributed by atoms with E-state index in [1.54, 1.807) is 0 Å². The Bertz CT molecular complexity index is 1340. The molecule has 4 aliphatic rings. The zero-order valence-electron chi connectivity index (χ0n) is 17.4. The van der Waals surface area contributed by atoms with Crippen molar-refractivity contribution in [2.45, 2.75) is 10.8 Å². The van der Waals surface area contributed by atoms with E-state index >= 15 is 0 Å². The standard InChI is InChI=1S/C25H17ClN2O5/c1-33-19-11-10-13(28(31)32)12-18(19)27-23(29)21-20-14-6-2-4-8-16(14)25(26,22(21)24(27)30)17-9-5-3-7-15(17)20/h2-12,20-22H,1H3/t20?,21-,22+,25?/m0/s1. The Balaban J connectivity index is 1.59. The van der Waals surface area contributed by atoms with Gasteiger partial charge in [0.2, 0.25) is 11.8 Å². The molecule has 3 aromatic rings. The second-order valence-electron chi connectivity index (χ2n) is 8.49. The highest BCUT2D eigenvalue weighted by Crippen LogP contribution is 2.66. The highest BCUT2D eigenvalue weighted by atomic mass is 35.5. The smallest absolute Gasteiger partial charge is 0.271 e. The summed E-state index contributed by atoms with van der Waals surface area (Å²) in [5.74, 6) is -2.61. The molecular weight excluding hydrogens is 444 g/mol. The monoisotopic (exact) mass is 460 g/mol. The van der Waals surface area contributed by atoms with Crippen molar-refractivity contribution in [2.24, 2.45) is 11.8 Å². The highest BCUT2D eigenvalue weighted by Gasteiger charge is 2.68. The Labute approximate surface area is 193 Å². The van der Waals surface area contributed by atoms with Crippen molar-refractivity contribution in [3.8, 4) is 5.75 Å². The van der Waals surface area contributed by atoms with Crippen LogP contribution in [0.1, 0.15) is 28.2 Å². The molecule has 0 aromatic heterocycles. The molecular formula is C25H17ClN2O5. The molecule has 3 aromatic carbocycles. The van der Waals surface area contributed by atoms with Gasteiger partial charge in [0.25, 0.3) is 5.69 Å². The quantitative estimate of drug-likeness (QED) is 0.251. The van der Waals surface area contributed by atoms with Gasteiger partial charge in [0.15, 0.2) is 0 Å². The second-order valence-corrected chi connectivity index (χ2v) is 9.09. The number of carbonyl (C=O) groups is 2. The third-order valence-electron chi connectivity index (χ3n) is 7.13. The number of hydrogen-bond donors (Lipinski definition) is 0. The van der Waals surface area contributed by atoms with E-state index in [1.807, 2.05) is 48.5 Å². The minimum Gasteiger partial charge on any atom is -0.495 e. The van der Waals surface area contributed by atoms with Crippen LogP contribution in [0.4, 0.5) is 11.4 Å². The van der Waals surface area contributed by atoms with Crippen LogP contribution in [0.15, 0.2) is 66.7 Å². The van der Waals surface area contributed by atoms with Crippen LogP contribution >= 0.6 is 11.6 Å². The Morgan fingerprint density at radius 2 is 1.58 bits per heavy atom. The first-order valence-electron chi connectivity index (χ1n) is 10.5. The van der Waals surface area contributed by atoms with Crippen LogP contribution in [-0.2, 0) is 14.5 Å². The number of amides is 2. The lowest BCUT2D eigenvalue weighted by Gasteiger charge is -2.50. The van der Waals surface area contributed by atoms with E-state index in [2.05, 4.69) is 0 Å². The minimum atomic E-state index is -1.22. The van der Waals surface area contributed by atoms with Crippen LogP contribution in [0.5, 0.6) is 5.75 Å². The van der Waals surface area contributed by atoms with Crippen LogP contribution in [0, 0.1) is 22.0 Å². The fourth-order valence-corrected chi connectivity index (χ4v) is 6.46. The summed E-state index contributed by atoms with van der Waals surface area (Å²) in [5, 5.41) is 11.4. The van der Waals surface area contributed by atoms with E-state index in [9.17, 15) is 19.7 Å². The average molecular weight is 461 g/mol.